The van der Waals surface area contributed by atoms with Crippen molar-refractivity contribution >= 4 is 38.9 Å². The third-order valence-corrected chi connectivity index (χ3v) is 6.85. The summed E-state index contributed by atoms with van der Waals surface area (Å²) in [5.41, 5.74) is 6.81. The van der Waals surface area contributed by atoms with Gasteiger partial charge >= 0.3 is 6.09 Å². The molecule has 0 spiro atoms. The molecule has 4 rings (SSSR count). The van der Waals surface area contributed by atoms with Gasteiger partial charge in [0.1, 0.15) is 16.7 Å². The Morgan fingerprint density at radius 3 is 2.57 bits per heavy atom. The van der Waals surface area contributed by atoms with Crippen LogP contribution in [-0.4, -0.2) is 74.5 Å². The van der Waals surface area contributed by atoms with Crippen molar-refractivity contribution in [1.82, 2.24) is 29.5 Å². The monoisotopic (exact) mass is 479 g/mol. The molecule has 1 aliphatic heterocycles. The van der Waals surface area contributed by atoms with E-state index in [0.29, 0.717) is 29.1 Å². The van der Waals surface area contributed by atoms with Gasteiger partial charge in [0.05, 0.1) is 18.0 Å². The molecule has 1 saturated heterocycles. The summed E-state index contributed by atoms with van der Waals surface area (Å²) in [7, 11) is 0. The lowest BCUT2D eigenvalue weighted by Crippen LogP contribution is -2.52. The van der Waals surface area contributed by atoms with E-state index in [1.165, 1.54) is 6.33 Å². The van der Waals surface area contributed by atoms with E-state index in [1.54, 1.807) is 0 Å². The summed E-state index contributed by atoms with van der Waals surface area (Å²) in [4.78, 5) is 25.0. The van der Waals surface area contributed by atoms with Crippen LogP contribution in [-0.2, 0) is 4.74 Å². The molecule has 2 fully saturated rings. The summed E-state index contributed by atoms with van der Waals surface area (Å²) in [5.74, 6) is 0.456. The minimum atomic E-state index is -0.163. The van der Waals surface area contributed by atoms with Crippen molar-refractivity contribution in [3.8, 4) is 0 Å². The molecule has 2 aromatic rings. The second kappa shape index (κ2) is 9.47. The fourth-order valence-corrected chi connectivity index (χ4v) is 5.09. The normalized spacial score (nSPS) is 23.1. The Morgan fingerprint density at radius 2 is 1.87 bits per heavy atom. The van der Waals surface area contributed by atoms with Crippen LogP contribution in [0, 0.1) is 0 Å². The highest BCUT2D eigenvalue weighted by Gasteiger charge is 2.31. The Morgan fingerprint density at radius 1 is 1.17 bits per heavy atom. The van der Waals surface area contributed by atoms with E-state index in [2.05, 4.69) is 42.8 Å². The van der Waals surface area contributed by atoms with Crippen LogP contribution in [0.4, 0.5) is 10.6 Å². The quantitative estimate of drug-likeness (QED) is 0.656. The molecule has 164 valence electrons. The topological polar surface area (TPSA) is 102 Å². The lowest BCUT2D eigenvalue weighted by atomic mass is 9.90. The molecule has 10 heteroatoms. The number of carbonyl (C=O) groups excluding carboxylic acids is 1. The number of fused-ring (bicyclic) bond motifs is 1. The number of unbranched alkanes of at least 4 members (excludes halogenated alkanes) is 1. The van der Waals surface area contributed by atoms with E-state index in [4.69, 9.17) is 10.5 Å². The molecule has 2 N–H and O–H groups in total. The summed E-state index contributed by atoms with van der Waals surface area (Å²) >= 11 is 3.50. The van der Waals surface area contributed by atoms with Gasteiger partial charge in [-0.2, -0.15) is 5.10 Å². The van der Waals surface area contributed by atoms with Crippen LogP contribution in [0.2, 0.25) is 0 Å². The summed E-state index contributed by atoms with van der Waals surface area (Å²) in [6.45, 7) is 5.94. The Labute approximate surface area is 185 Å². The lowest BCUT2D eigenvalue weighted by molar-refractivity contribution is 0.0516. The van der Waals surface area contributed by atoms with Crippen molar-refractivity contribution in [2.45, 2.75) is 57.5 Å². The molecule has 2 aromatic heterocycles. The van der Waals surface area contributed by atoms with Gasteiger partial charge in [0, 0.05) is 32.2 Å². The number of aromatic nitrogens is 4. The van der Waals surface area contributed by atoms with E-state index in [9.17, 15) is 4.79 Å². The number of anilines is 1. The number of rotatable bonds is 5. The highest BCUT2D eigenvalue weighted by atomic mass is 79.9. The number of nitrogen functional groups attached to an aromatic ring is 1. The minimum absolute atomic E-state index is 0.163. The number of piperazine rings is 1. The highest BCUT2D eigenvalue weighted by Crippen LogP contribution is 2.35. The maximum atomic E-state index is 12.1. The summed E-state index contributed by atoms with van der Waals surface area (Å²) in [6, 6.07) is 0.878. The van der Waals surface area contributed by atoms with Crippen LogP contribution in [0.3, 0.4) is 0 Å². The van der Waals surface area contributed by atoms with E-state index in [0.717, 1.165) is 75.7 Å². The second-order valence-corrected chi connectivity index (χ2v) is 8.90. The number of amides is 1. The minimum Gasteiger partial charge on any atom is -0.449 e. The fourth-order valence-electron chi connectivity index (χ4n) is 4.54. The molecule has 0 bridgehead atoms. The largest absolute Gasteiger partial charge is 0.449 e. The average molecular weight is 480 g/mol. The molecule has 30 heavy (non-hydrogen) atoms. The first kappa shape index (κ1) is 21.3. The standard InChI is InChI=1S/C20H30BrN7O2/c1-2-3-12-30-20(29)27-10-8-26(9-11-27)14-4-6-15(7-5-14)28-19-16(17(21)25-28)18(22)23-13-24-19/h13-15H,2-12H2,1H3,(H2,22,23,24). The average Bonchev–Trinajstić information content (AvgIpc) is 3.12. The molecule has 0 radical (unpaired) electrons. The SMILES string of the molecule is CCCCOC(=O)N1CCN(C2CCC(n3nc(Br)c4c(N)ncnc43)CC2)CC1. The second-order valence-electron chi connectivity index (χ2n) is 8.15. The molecule has 0 aromatic carbocycles. The van der Waals surface area contributed by atoms with Crippen LogP contribution in [0.5, 0.6) is 0 Å². The van der Waals surface area contributed by atoms with Gasteiger partial charge in [-0.3, -0.25) is 4.90 Å². The summed E-state index contributed by atoms with van der Waals surface area (Å²) < 4.78 is 8.07. The predicted octanol–water partition coefficient (Wildman–Crippen LogP) is 3.21. The van der Waals surface area contributed by atoms with Crippen LogP contribution < -0.4 is 5.73 Å². The zero-order valence-corrected chi connectivity index (χ0v) is 19.1. The number of ether oxygens (including phenoxy) is 1. The van der Waals surface area contributed by atoms with Gasteiger partial charge in [0.15, 0.2) is 5.65 Å². The molecular weight excluding hydrogens is 450 g/mol. The highest BCUT2D eigenvalue weighted by molar-refractivity contribution is 9.10. The Bertz CT molecular complexity index is 873. The number of nitrogens with zero attached hydrogens (tertiary/aromatic N) is 6. The van der Waals surface area contributed by atoms with Crippen molar-refractivity contribution in [2.75, 3.05) is 38.5 Å². The number of hydrogen-bond donors (Lipinski definition) is 1. The van der Waals surface area contributed by atoms with Crippen LogP contribution in [0.25, 0.3) is 11.0 Å². The molecular formula is C20H30BrN7O2. The Balaban J connectivity index is 1.30. The molecule has 1 saturated carbocycles. The molecule has 1 aliphatic carbocycles. The van der Waals surface area contributed by atoms with Crippen molar-refractivity contribution in [3.63, 3.8) is 0 Å². The zero-order valence-electron chi connectivity index (χ0n) is 17.5. The van der Waals surface area contributed by atoms with Crippen molar-refractivity contribution in [2.24, 2.45) is 0 Å². The van der Waals surface area contributed by atoms with Crippen molar-refractivity contribution in [1.29, 1.82) is 0 Å². The number of carbonyl (C=O) groups is 1. The smallest absolute Gasteiger partial charge is 0.409 e. The Kier molecular flexibility index (Phi) is 6.72. The lowest BCUT2D eigenvalue weighted by Gasteiger charge is -2.41. The van der Waals surface area contributed by atoms with Gasteiger partial charge in [-0.05, 0) is 48.0 Å². The summed E-state index contributed by atoms with van der Waals surface area (Å²) in [6.07, 6.45) is 7.64. The van der Waals surface area contributed by atoms with Crippen molar-refractivity contribution in [3.05, 3.63) is 10.9 Å². The first-order valence-corrected chi connectivity index (χ1v) is 11.7. The molecule has 1 amide bonds. The third kappa shape index (κ3) is 4.39. The number of nitrogens with two attached hydrogens (primary N) is 1. The van der Waals surface area contributed by atoms with Gasteiger partial charge < -0.3 is 15.4 Å². The number of halogens is 1. The molecule has 3 heterocycles. The third-order valence-electron chi connectivity index (χ3n) is 6.30. The predicted molar refractivity (Wildman–Crippen MR) is 118 cm³/mol. The molecule has 9 nitrogen and oxygen atoms in total. The molecule has 0 unspecified atom stereocenters. The van der Waals surface area contributed by atoms with Crippen LogP contribution in [0.1, 0.15) is 51.5 Å². The van der Waals surface area contributed by atoms with E-state index < -0.39 is 0 Å². The summed E-state index contributed by atoms with van der Waals surface area (Å²) in [5, 5.41) is 5.44. The van der Waals surface area contributed by atoms with Crippen LogP contribution in [0.15, 0.2) is 10.9 Å². The maximum Gasteiger partial charge on any atom is 0.409 e. The zero-order chi connectivity index (χ0) is 21.1. The van der Waals surface area contributed by atoms with Gasteiger partial charge in [-0.1, -0.05) is 13.3 Å². The van der Waals surface area contributed by atoms with Gasteiger partial charge in [-0.25, -0.2) is 19.4 Å². The first-order valence-electron chi connectivity index (χ1n) is 10.9. The first-order chi connectivity index (χ1) is 14.6. The van der Waals surface area contributed by atoms with Gasteiger partial charge in [0.25, 0.3) is 0 Å². The van der Waals surface area contributed by atoms with E-state index in [-0.39, 0.29) is 6.09 Å². The van der Waals surface area contributed by atoms with Gasteiger partial charge in [0.2, 0.25) is 0 Å². The van der Waals surface area contributed by atoms with Gasteiger partial charge in [-0.15, -0.1) is 0 Å². The Hall–Kier alpha value is -1.94. The van der Waals surface area contributed by atoms with E-state index >= 15 is 0 Å². The number of hydrogen-bond acceptors (Lipinski definition) is 7. The molecule has 0 atom stereocenters. The van der Waals surface area contributed by atoms with E-state index in [1.807, 2.05) is 9.58 Å². The fraction of sp³-hybridized carbons (Fsp3) is 0.700. The van der Waals surface area contributed by atoms with Crippen LogP contribution >= 0.6 is 15.9 Å². The maximum absolute atomic E-state index is 12.1. The molecule has 2 aliphatic rings. The van der Waals surface area contributed by atoms with Crippen molar-refractivity contribution < 1.29 is 9.53 Å².